The van der Waals surface area contributed by atoms with Crippen molar-refractivity contribution in [3.05, 3.63) is 59.7 Å². The van der Waals surface area contributed by atoms with E-state index in [4.69, 9.17) is 4.74 Å². The molecule has 2 aromatic carbocycles. The summed E-state index contributed by atoms with van der Waals surface area (Å²) in [5.74, 6) is -0.0829. The third-order valence-corrected chi connectivity index (χ3v) is 5.00. The minimum absolute atomic E-state index is 0.0829. The maximum atomic E-state index is 12.5. The summed E-state index contributed by atoms with van der Waals surface area (Å²) in [7, 11) is 0. The Labute approximate surface area is 160 Å². The van der Waals surface area contributed by atoms with Crippen LogP contribution in [0.25, 0.3) is 11.1 Å². The van der Waals surface area contributed by atoms with E-state index < -0.39 is 0 Å². The first kappa shape index (κ1) is 19.1. The number of benzene rings is 2. The molecule has 0 spiro atoms. The summed E-state index contributed by atoms with van der Waals surface area (Å²) in [4.78, 5) is 14.9. The Kier molecular flexibility index (Phi) is 6.59. The van der Waals surface area contributed by atoms with Gasteiger partial charge in [0.15, 0.2) is 0 Å². The van der Waals surface area contributed by atoms with Crippen molar-refractivity contribution in [3.8, 4) is 17.2 Å². The number of ether oxygens (including phenoxy) is 1. The first-order valence-electron chi connectivity index (χ1n) is 9.38. The van der Waals surface area contributed by atoms with Gasteiger partial charge in [0, 0.05) is 31.2 Å². The standard InChI is InChI=1S/C22H25N3O2/c1-17(25-11-13-27-14-12-25)9-10-24-22(26)19-7-4-6-18(15-19)21-8-3-2-5-20(21)16-23/h2-8,15,17H,9-14H2,1H3,(H,24,26). The molecule has 1 amide bonds. The Morgan fingerprint density at radius 2 is 2.00 bits per heavy atom. The van der Waals surface area contributed by atoms with Crippen LogP contribution in [0.5, 0.6) is 0 Å². The van der Waals surface area contributed by atoms with Crippen LogP contribution in [0.1, 0.15) is 29.3 Å². The molecule has 1 aliphatic heterocycles. The molecule has 1 N–H and O–H groups in total. The molecule has 1 unspecified atom stereocenters. The van der Waals surface area contributed by atoms with Crippen molar-refractivity contribution >= 4 is 5.91 Å². The third-order valence-electron chi connectivity index (χ3n) is 5.00. The highest BCUT2D eigenvalue weighted by atomic mass is 16.5. The normalized spacial score (nSPS) is 15.7. The van der Waals surface area contributed by atoms with Crippen LogP contribution in [0.15, 0.2) is 48.5 Å². The minimum atomic E-state index is -0.0829. The summed E-state index contributed by atoms with van der Waals surface area (Å²) in [6.45, 7) is 6.31. The van der Waals surface area contributed by atoms with E-state index in [1.807, 2.05) is 36.4 Å². The molecule has 0 aliphatic carbocycles. The van der Waals surface area contributed by atoms with E-state index in [2.05, 4.69) is 23.2 Å². The highest BCUT2D eigenvalue weighted by Crippen LogP contribution is 2.24. The van der Waals surface area contributed by atoms with Crippen molar-refractivity contribution in [1.82, 2.24) is 10.2 Å². The number of morpholine rings is 1. The number of carbonyl (C=O) groups is 1. The molecule has 1 atom stereocenters. The summed E-state index contributed by atoms with van der Waals surface area (Å²) < 4.78 is 5.38. The van der Waals surface area contributed by atoms with E-state index >= 15 is 0 Å². The maximum absolute atomic E-state index is 12.5. The zero-order chi connectivity index (χ0) is 19.1. The van der Waals surface area contributed by atoms with Gasteiger partial charge in [-0.15, -0.1) is 0 Å². The summed E-state index contributed by atoms with van der Waals surface area (Å²) in [5.41, 5.74) is 2.94. The van der Waals surface area contributed by atoms with Crippen LogP contribution in [0.2, 0.25) is 0 Å². The fourth-order valence-corrected chi connectivity index (χ4v) is 3.36. The molecule has 2 aromatic rings. The van der Waals surface area contributed by atoms with Crippen LogP contribution in [-0.2, 0) is 4.74 Å². The van der Waals surface area contributed by atoms with E-state index in [1.165, 1.54) is 0 Å². The summed E-state index contributed by atoms with van der Waals surface area (Å²) in [5, 5.41) is 12.3. The number of amides is 1. The topological polar surface area (TPSA) is 65.4 Å². The van der Waals surface area contributed by atoms with Crippen molar-refractivity contribution in [3.63, 3.8) is 0 Å². The fourth-order valence-electron chi connectivity index (χ4n) is 3.36. The first-order chi connectivity index (χ1) is 13.2. The Hall–Kier alpha value is -2.68. The van der Waals surface area contributed by atoms with Crippen molar-refractivity contribution in [2.24, 2.45) is 0 Å². The van der Waals surface area contributed by atoms with Gasteiger partial charge in [-0.25, -0.2) is 0 Å². The van der Waals surface area contributed by atoms with Crippen LogP contribution < -0.4 is 5.32 Å². The number of hydrogen-bond donors (Lipinski definition) is 1. The number of nitriles is 1. The van der Waals surface area contributed by atoms with Crippen molar-refractivity contribution in [2.45, 2.75) is 19.4 Å². The zero-order valence-electron chi connectivity index (χ0n) is 15.6. The number of nitrogens with zero attached hydrogens (tertiary/aromatic N) is 2. The lowest BCUT2D eigenvalue weighted by molar-refractivity contribution is 0.0187. The maximum Gasteiger partial charge on any atom is 0.251 e. The highest BCUT2D eigenvalue weighted by molar-refractivity contribution is 5.95. The average molecular weight is 363 g/mol. The lowest BCUT2D eigenvalue weighted by Gasteiger charge is -2.32. The van der Waals surface area contributed by atoms with Gasteiger partial charge in [0.2, 0.25) is 0 Å². The molecule has 5 heteroatoms. The highest BCUT2D eigenvalue weighted by Gasteiger charge is 2.17. The van der Waals surface area contributed by atoms with Gasteiger partial charge < -0.3 is 10.1 Å². The van der Waals surface area contributed by atoms with Gasteiger partial charge in [-0.1, -0.05) is 30.3 Å². The Balaban J connectivity index is 1.60. The van der Waals surface area contributed by atoms with Gasteiger partial charge in [-0.2, -0.15) is 5.26 Å². The summed E-state index contributed by atoms with van der Waals surface area (Å²) >= 11 is 0. The molecular weight excluding hydrogens is 338 g/mol. The molecule has 1 aliphatic rings. The van der Waals surface area contributed by atoms with Gasteiger partial charge in [-0.05, 0) is 42.7 Å². The van der Waals surface area contributed by atoms with E-state index in [9.17, 15) is 10.1 Å². The lowest BCUT2D eigenvalue weighted by atomic mass is 9.98. The molecule has 140 valence electrons. The SMILES string of the molecule is CC(CCNC(=O)c1cccc(-c2ccccc2C#N)c1)N1CCOCC1. The molecule has 0 radical (unpaired) electrons. The molecule has 0 saturated carbocycles. The van der Waals surface area contributed by atoms with E-state index in [0.29, 0.717) is 23.7 Å². The van der Waals surface area contributed by atoms with Crippen molar-refractivity contribution in [1.29, 1.82) is 5.26 Å². The van der Waals surface area contributed by atoms with Crippen LogP contribution in [-0.4, -0.2) is 49.7 Å². The van der Waals surface area contributed by atoms with Gasteiger partial charge >= 0.3 is 0 Å². The number of carbonyl (C=O) groups excluding carboxylic acids is 1. The fraction of sp³-hybridized carbons (Fsp3) is 0.364. The van der Waals surface area contributed by atoms with Crippen molar-refractivity contribution in [2.75, 3.05) is 32.8 Å². The second kappa shape index (κ2) is 9.31. The predicted molar refractivity (Wildman–Crippen MR) is 105 cm³/mol. The largest absolute Gasteiger partial charge is 0.379 e. The smallest absolute Gasteiger partial charge is 0.251 e. The molecule has 0 aromatic heterocycles. The van der Waals surface area contributed by atoms with Crippen LogP contribution in [0.4, 0.5) is 0 Å². The second-order valence-electron chi connectivity index (χ2n) is 6.78. The van der Waals surface area contributed by atoms with E-state index in [0.717, 1.165) is 43.9 Å². The molecule has 0 bridgehead atoms. The van der Waals surface area contributed by atoms with Gasteiger partial charge in [-0.3, -0.25) is 9.69 Å². The van der Waals surface area contributed by atoms with Crippen LogP contribution in [0, 0.1) is 11.3 Å². The van der Waals surface area contributed by atoms with Crippen LogP contribution >= 0.6 is 0 Å². The molecule has 3 rings (SSSR count). The Morgan fingerprint density at radius 1 is 1.22 bits per heavy atom. The molecule has 1 saturated heterocycles. The minimum Gasteiger partial charge on any atom is -0.379 e. The Bertz CT molecular complexity index is 822. The zero-order valence-corrected chi connectivity index (χ0v) is 15.6. The Morgan fingerprint density at radius 3 is 2.78 bits per heavy atom. The first-order valence-corrected chi connectivity index (χ1v) is 9.38. The lowest BCUT2D eigenvalue weighted by Crippen LogP contribution is -2.43. The summed E-state index contributed by atoms with van der Waals surface area (Å²) in [6.07, 6.45) is 0.905. The number of hydrogen-bond acceptors (Lipinski definition) is 4. The number of rotatable bonds is 6. The molecule has 1 fully saturated rings. The predicted octanol–water partition coefficient (Wildman–Crippen LogP) is 3.07. The number of nitrogens with one attached hydrogen (secondary N) is 1. The summed E-state index contributed by atoms with van der Waals surface area (Å²) in [6, 6.07) is 17.5. The quantitative estimate of drug-likeness (QED) is 0.857. The van der Waals surface area contributed by atoms with Crippen molar-refractivity contribution < 1.29 is 9.53 Å². The monoisotopic (exact) mass is 363 g/mol. The molecular formula is C22H25N3O2. The molecule has 27 heavy (non-hydrogen) atoms. The molecule has 1 heterocycles. The van der Waals surface area contributed by atoms with E-state index in [-0.39, 0.29) is 5.91 Å². The van der Waals surface area contributed by atoms with Gasteiger partial charge in [0.05, 0.1) is 24.8 Å². The second-order valence-corrected chi connectivity index (χ2v) is 6.78. The van der Waals surface area contributed by atoms with Gasteiger partial charge in [0.25, 0.3) is 5.91 Å². The average Bonchev–Trinajstić information content (AvgIpc) is 2.74. The van der Waals surface area contributed by atoms with Crippen LogP contribution in [0.3, 0.4) is 0 Å². The van der Waals surface area contributed by atoms with E-state index in [1.54, 1.807) is 12.1 Å². The molecule has 5 nitrogen and oxygen atoms in total. The third kappa shape index (κ3) is 4.94. The van der Waals surface area contributed by atoms with Gasteiger partial charge in [0.1, 0.15) is 0 Å².